The summed E-state index contributed by atoms with van der Waals surface area (Å²) in [5.74, 6) is 0. The molecule has 0 N–H and O–H groups in total. The van der Waals surface area contributed by atoms with E-state index in [1.807, 2.05) is 0 Å². The molecule has 0 aliphatic heterocycles. The van der Waals surface area contributed by atoms with E-state index in [-0.39, 0.29) is 0 Å². The van der Waals surface area contributed by atoms with E-state index >= 15 is 0 Å². The van der Waals surface area contributed by atoms with Crippen LogP contribution in [0.1, 0.15) is 0 Å². The van der Waals surface area contributed by atoms with Gasteiger partial charge < -0.3 is 9.13 Å². The van der Waals surface area contributed by atoms with Gasteiger partial charge in [-0.05, 0) is 110 Å². The Morgan fingerprint density at radius 2 is 0.739 bits per heavy atom. The van der Waals surface area contributed by atoms with Crippen molar-refractivity contribution in [2.24, 2.45) is 0 Å². The molecule has 0 saturated heterocycles. The van der Waals surface area contributed by atoms with Crippen molar-refractivity contribution in [1.29, 1.82) is 0 Å². The van der Waals surface area contributed by atoms with Crippen molar-refractivity contribution in [3.8, 4) is 67.0 Å². The minimum Gasteiger partial charge on any atom is -0.310 e. The molecule has 0 amide bonds. The van der Waals surface area contributed by atoms with Gasteiger partial charge in [0.05, 0.1) is 11.0 Å². The van der Waals surface area contributed by atoms with Gasteiger partial charge in [-0.25, -0.2) is 0 Å². The number of benzene rings is 10. The summed E-state index contributed by atoms with van der Waals surface area (Å²) in [5, 5.41) is 5.20. The molecule has 2 nitrogen and oxygen atoms in total. The largest absolute Gasteiger partial charge is 0.310 e. The molecule has 0 radical (unpaired) electrons. The lowest BCUT2D eigenvalue weighted by molar-refractivity contribution is 1.18. The average Bonchev–Trinajstić information content (AvgIpc) is 3.94. The number of nitrogens with zero attached hydrogens (tertiary/aromatic N) is 2. The molecule has 0 saturated carbocycles. The molecule has 0 unspecified atom stereocenters. The molecule has 0 bridgehead atoms. The molecule has 0 aliphatic carbocycles. The van der Waals surface area contributed by atoms with E-state index in [1.165, 1.54) is 143 Å². The summed E-state index contributed by atoms with van der Waals surface area (Å²) in [6.07, 6.45) is 0. The van der Waals surface area contributed by atoms with Crippen molar-refractivity contribution in [3.05, 3.63) is 200 Å². The number of aromatic nitrogens is 2. The third kappa shape index (κ3) is 6.81. The van der Waals surface area contributed by atoms with Crippen LogP contribution in [0.3, 0.4) is 0 Å². The number of hydrogen-bond donors (Lipinski definition) is 0. The number of rotatable bonds is 7. The van der Waals surface area contributed by atoms with Crippen molar-refractivity contribution in [1.82, 2.24) is 9.13 Å². The molecule has 2 aromatic heterocycles. The molecule has 9 heteroatoms. The summed E-state index contributed by atoms with van der Waals surface area (Å²) in [5.41, 5.74) is 28.9. The van der Waals surface area contributed by atoms with Gasteiger partial charge in [-0.3, -0.25) is 0 Å². The first-order chi connectivity index (χ1) is 33.7. The summed E-state index contributed by atoms with van der Waals surface area (Å²) in [6, 6.07) is 73.5. The van der Waals surface area contributed by atoms with Gasteiger partial charge in [0.1, 0.15) is 54.9 Å². The molecule has 0 aliphatic rings. The second kappa shape index (κ2) is 16.8. The lowest BCUT2D eigenvalue weighted by Gasteiger charge is -2.20. The first-order valence-corrected chi connectivity index (χ1v) is 24.3. The van der Waals surface area contributed by atoms with Crippen LogP contribution in [0.15, 0.2) is 200 Å². The SMILES string of the molecule is Bc1c(B)c(B)c2c(c1B)c1c(B)c(-c3ccc4c(c3)c3c(-c5ccccc5)cccc3n4-c3ccc(-c4ccccc4)cc3)c(B)c(B)c1n2-c1cc(-c2ccccc2)cc(-c2ccccc2)c1. The average molecular weight is 872 g/mol. The summed E-state index contributed by atoms with van der Waals surface area (Å²) in [6.45, 7) is 0. The maximum absolute atomic E-state index is 2.61. The van der Waals surface area contributed by atoms with Crippen LogP contribution < -0.4 is 38.2 Å². The van der Waals surface area contributed by atoms with Crippen molar-refractivity contribution in [3.63, 3.8) is 0 Å². The molecule has 10 aromatic carbocycles. The summed E-state index contributed by atoms with van der Waals surface area (Å²) < 4.78 is 5.07. The van der Waals surface area contributed by atoms with Gasteiger partial charge in [0, 0.05) is 38.6 Å². The van der Waals surface area contributed by atoms with Gasteiger partial charge in [0.2, 0.25) is 0 Å². The van der Waals surface area contributed by atoms with Crippen LogP contribution in [-0.2, 0) is 0 Å². The standard InChI is InChI=1S/C60H47B7N2/c61-52-48(39-26-29-46-45(33-39)49-44(38-20-11-4-12-21-38)22-13-23-47(49)68(46)42-27-24-37(25-28-42)34-14-5-1-6-15-34)53(62)57(66)59-50(52)51-54(63)55(64)56(65)58(67)60(51)69(59)43-31-40(35-16-7-2-8-17-35)30-41(32-43)36-18-9-3-10-19-36/h1-33H,61-67H2. The highest BCUT2D eigenvalue weighted by Crippen LogP contribution is 2.41. The molecular weight excluding hydrogens is 824 g/mol. The second-order valence-electron chi connectivity index (χ2n) is 19.1. The van der Waals surface area contributed by atoms with Crippen LogP contribution in [0.5, 0.6) is 0 Å². The lowest BCUT2D eigenvalue weighted by Crippen LogP contribution is -2.48. The Morgan fingerprint density at radius 1 is 0.261 bits per heavy atom. The third-order valence-electron chi connectivity index (χ3n) is 15.4. The van der Waals surface area contributed by atoms with E-state index in [9.17, 15) is 0 Å². The molecule has 12 aromatic rings. The monoisotopic (exact) mass is 872 g/mol. The number of hydrogen-bond acceptors (Lipinski definition) is 0. The zero-order valence-electron chi connectivity index (χ0n) is 40.4. The van der Waals surface area contributed by atoms with Crippen LogP contribution in [0.25, 0.3) is 111 Å². The molecule has 12 rings (SSSR count). The predicted octanol–water partition coefficient (Wildman–Crippen LogP) is 4.02. The maximum atomic E-state index is 2.61. The maximum Gasteiger partial charge on any atom is 0.141 e. The first kappa shape index (κ1) is 42.6. The van der Waals surface area contributed by atoms with E-state index in [0.717, 1.165) is 5.69 Å². The van der Waals surface area contributed by atoms with Crippen LogP contribution in [-0.4, -0.2) is 64.1 Å². The quantitative estimate of drug-likeness (QED) is 0.215. The Morgan fingerprint density at radius 3 is 1.32 bits per heavy atom. The van der Waals surface area contributed by atoms with Crippen LogP contribution in [0.4, 0.5) is 0 Å². The fourth-order valence-corrected chi connectivity index (χ4v) is 11.5. The predicted molar refractivity (Wildman–Crippen MR) is 320 cm³/mol. The molecule has 318 valence electrons. The van der Waals surface area contributed by atoms with E-state index < -0.39 is 0 Å². The Balaban J connectivity index is 1.14. The minimum atomic E-state index is 1.15. The highest BCUT2D eigenvalue weighted by Gasteiger charge is 2.26. The Hall–Kier alpha value is -7.75. The van der Waals surface area contributed by atoms with Crippen LogP contribution in [0.2, 0.25) is 0 Å². The fraction of sp³-hybridized carbons (Fsp3) is 0. The van der Waals surface area contributed by atoms with Crippen LogP contribution in [0, 0.1) is 0 Å². The smallest absolute Gasteiger partial charge is 0.141 e. The highest BCUT2D eigenvalue weighted by atomic mass is 15.0. The zero-order valence-corrected chi connectivity index (χ0v) is 40.4. The second-order valence-corrected chi connectivity index (χ2v) is 19.1. The van der Waals surface area contributed by atoms with E-state index in [4.69, 9.17) is 0 Å². The third-order valence-corrected chi connectivity index (χ3v) is 15.4. The van der Waals surface area contributed by atoms with E-state index in [0.29, 0.717) is 0 Å². The first-order valence-electron chi connectivity index (χ1n) is 24.3. The van der Waals surface area contributed by atoms with Gasteiger partial charge >= 0.3 is 0 Å². The van der Waals surface area contributed by atoms with Crippen molar-refractivity contribution >= 4 is 137 Å². The van der Waals surface area contributed by atoms with Crippen molar-refractivity contribution in [2.75, 3.05) is 0 Å². The lowest BCUT2D eigenvalue weighted by atomic mass is 9.64. The Kier molecular flexibility index (Phi) is 10.4. The molecule has 0 fully saturated rings. The molecular formula is C60H47B7N2. The van der Waals surface area contributed by atoms with Gasteiger partial charge in [-0.1, -0.05) is 184 Å². The van der Waals surface area contributed by atoms with E-state index in [2.05, 4.69) is 264 Å². The summed E-state index contributed by atoms with van der Waals surface area (Å²) >= 11 is 0. The van der Waals surface area contributed by atoms with E-state index in [1.54, 1.807) is 0 Å². The zero-order chi connectivity index (χ0) is 47.1. The normalized spacial score (nSPS) is 11.6. The van der Waals surface area contributed by atoms with Gasteiger partial charge in [0.15, 0.2) is 0 Å². The topological polar surface area (TPSA) is 9.86 Å². The Labute approximate surface area is 410 Å². The molecule has 69 heavy (non-hydrogen) atoms. The number of fused-ring (bicyclic) bond motifs is 6. The summed E-state index contributed by atoms with van der Waals surface area (Å²) in [4.78, 5) is 0. The van der Waals surface area contributed by atoms with Gasteiger partial charge in [-0.2, -0.15) is 0 Å². The highest BCUT2D eigenvalue weighted by molar-refractivity contribution is 6.69. The van der Waals surface area contributed by atoms with Gasteiger partial charge in [-0.15, -0.1) is 5.46 Å². The van der Waals surface area contributed by atoms with Gasteiger partial charge in [0.25, 0.3) is 0 Å². The summed E-state index contributed by atoms with van der Waals surface area (Å²) in [7, 11) is 16.4. The molecule has 0 atom stereocenters. The Bertz CT molecular complexity index is 3940. The fourth-order valence-electron chi connectivity index (χ4n) is 11.5. The van der Waals surface area contributed by atoms with Crippen LogP contribution >= 0.6 is 0 Å². The molecule has 0 spiro atoms. The molecule has 2 heterocycles. The minimum absolute atomic E-state index is 1.15. The van der Waals surface area contributed by atoms with Crippen molar-refractivity contribution < 1.29 is 0 Å². The van der Waals surface area contributed by atoms with Crippen molar-refractivity contribution in [2.45, 2.75) is 0 Å².